The zero-order valence-electron chi connectivity index (χ0n) is 11.8. The average molecular weight is 306 g/mol. The predicted molar refractivity (Wildman–Crippen MR) is 86.2 cm³/mol. The van der Waals surface area contributed by atoms with Crippen molar-refractivity contribution < 1.29 is 4.92 Å². The highest BCUT2D eigenvalue weighted by atomic mass is 32.1. The van der Waals surface area contributed by atoms with Gasteiger partial charge in [0.25, 0.3) is 0 Å². The van der Waals surface area contributed by atoms with Crippen molar-refractivity contribution in [3.8, 4) is 0 Å². The van der Waals surface area contributed by atoms with Crippen LogP contribution in [0.5, 0.6) is 0 Å². The second-order valence-corrected chi connectivity index (χ2v) is 5.47. The molecular formula is C14H18N4O2S. The van der Waals surface area contributed by atoms with Gasteiger partial charge in [0.1, 0.15) is 11.4 Å². The molecule has 1 heterocycles. The van der Waals surface area contributed by atoms with Gasteiger partial charge < -0.3 is 10.6 Å². The standard InChI is InChI=1S/C14H18N4O2S/c1-2-7-15-11-4-3-5-12(14(11)18(19)20)16-8-6-13-17-9-10-21-13/h3-5,9-10,15-16H,2,6-8H2,1H3. The molecule has 1 aromatic carbocycles. The first-order valence-electron chi connectivity index (χ1n) is 6.86. The topological polar surface area (TPSA) is 80.1 Å². The van der Waals surface area contributed by atoms with Crippen LogP contribution in [0.1, 0.15) is 18.4 Å². The number of hydrogen-bond acceptors (Lipinski definition) is 6. The maximum absolute atomic E-state index is 11.3. The lowest BCUT2D eigenvalue weighted by molar-refractivity contribution is -0.383. The van der Waals surface area contributed by atoms with Gasteiger partial charge in [0, 0.05) is 31.1 Å². The average Bonchev–Trinajstić information content (AvgIpc) is 2.98. The van der Waals surface area contributed by atoms with Crippen LogP contribution in [0.3, 0.4) is 0 Å². The lowest BCUT2D eigenvalue weighted by Gasteiger charge is -2.11. The van der Waals surface area contributed by atoms with E-state index in [0.717, 1.165) is 17.8 Å². The summed E-state index contributed by atoms with van der Waals surface area (Å²) in [6, 6.07) is 5.29. The molecule has 21 heavy (non-hydrogen) atoms. The molecule has 0 amide bonds. The molecule has 2 N–H and O–H groups in total. The highest BCUT2D eigenvalue weighted by Crippen LogP contribution is 2.32. The van der Waals surface area contributed by atoms with Gasteiger partial charge in [-0.15, -0.1) is 11.3 Å². The van der Waals surface area contributed by atoms with Gasteiger partial charge in [-0.3, -0.25) is 10.1 Å². The molecule has 0 aliphatic heterocycles. The van der Waals surface area contributed by atoms with Crippen LogP contribution in [0, 0.1) is 10.1 Å². The summed E-state index contributed by atoms with van der Waals surface area (Å²) in [5, 5.41) is 20.5. The van der Waals surface area contributed by atoms with E-state index in [1.54, 1.807) is 29.7 Å². The molecule has 0 aliphatic carbocycles. The molecule has 1 aromatic heterocycles. The van der Waals surface area contributed by atoms with Crippen molar-refractivity contribution in [1.82, 2.24) is 4.98 Å². The number of benzene rings is 1. The summed E-state index contributed by atoms with van der Waals surface area (Å²) < 4.78 is 0. The van der Waals surface area contributed by atoms with E-state index >= 15 is 0 Å². The lowest BCUT2D eigenvalue weighted by atomic mass is 10.2. The Morgan fingerprint density at radius 1 is 1.29 bits per heavy atom. The first-order chi connectivity index (χ1) is 10.2. The van der Waals surface area contributed by atoms with Crippen molar-refractivity contribution in [1.29, 1.82) is 0 Å². The van der Waals surface area contributed by atoms with Gasteiger partial charge in [0.15, 0.2) is 0 Å². The van der Waals surface area contributed by atoms with Gasteiger partial charge in [-0.05, 0) is 18.6 Å². The van der Waals surface area contributed by atoms with Crippen molar-refractivity contribution in [3.63, 3.8) is 0 Å². The molecule has 0 bridgehead atoms. The van der Waals surface area contributed by atoms with Gasteiger partial charge in [-0.2, -0.15) is 0 Å². The fourth-order valence-electron chi connectivity index (χ4n) is 1.97. The third kappa shape index (κ3) is 4.16. The Kier molecular flexibility index (Phi) is 5.51. The van der Waals surface area contributed by atoms with Crippen molar-refractivity contribution in [2.45, 2.75) is 19.8 Å². The van der Waals surface area contributed by atoms with Crippen LogP contribution in [0.2, 0.25) is 0 Å². The monoisotopic (exact) mass is 306 g/mol. The van der Waals surface area contributed by atoms with E-state index in [0.29, 0.717) is 24.5 Å². The van der Waals surface area contributed by atoms with Gasteiger partial charge in [0.2, 0.25) is 0 Å². The minimum Gasteiger partial charge on any atom is -0.379 e. The molecule has 0 aliphatic rings. The van der Waals surface area contributed by atoms with Gasteiger partial charge >= 0.3 is 5.69 Å². The third-order valence-corrected chi connectivity index (χ3v) is 3.76. The zero-order chi connectivity index (χ0) is 15.1. The molecule has 0 saturated carbocycles. The molecule has 6 nitrogen and oxygen atoms in total. The molecule has 0 fully saturated rings. The molecule has 7 heteroatoms. The number of aromatic nitrogens is 1. The van der Waals surface area contributed by atoms with Crippen molar-refractivity contribution in [2.75, 3.05) is 23.7 Å². The maximum Gasteiger partial charge on any atom is 0.315 e. The third-order valence-electron chi connectivity index (χ3n) is 2.92. The summed E-state index contributed by atoms with van der Waals surface area (Å²) in [6.45, 7) is 3.35. The van der Waals surface area contributed by atoms with Crippen LogP contribution in [-0.2, 0) is 6.42 Å². The van der Waals surface area contributed by atoms with Crippen molar-refractivity contribution >= 4 is 28.4 Å². The van der Waals surface area contributed by atoms with Gasteiger partial charge in [-0.1, -0.05) is 13.0 Å². The van der Waals surface area contributed by atoms with E-state index in [9.17, 15) is 10.1 Å². The highest BCUT2D eigenvalue weighted by Gasteiger charge is 2.19. The van der Waals surface area contributed by atoms with Crippen LogP contribution < -0.4 is 10.6 Å². The van der Waals surface area contributed by atoms with E-state index in [2.05, 4.69) is 15.6 Å². The summed E-state index contributed by atoms with van der Waals surface area (Å²) in [5.41, 5.74) is 1.20. The summed E-state index contributed by atoms with van der Waals surface area (Å²) in [5.74, 6) is 0. The normalized spacial score (nSPS) is 10.3. The number of nitrogens with zero attached hydrogens (tertiary/aromatic N) is 2. The second-order valence-electron chi connectivity index (χ2n) is 4.49. The number of thiazole rings is 1. The zero-order valence-corrected chi connectivity index (χ0v) is 12.7. The molecule has 112 valence electrons. The molecule has 0 atom stereocenters. The van der Waals surface area contributed by atoms with Crippen molar-refractivity contribution in [3.05, 3.63) is 44.9 Å². The number of nitro benzene ring substituents is 1. The van der Waals surface area contributed by atoms with E-state index in [1.807, 2.05) is 18.4 Å². The Labute approximate surface area is 127 Å². The molecule has 0 spiro atoms. The Morgan fingerprint density at radius 2 is 2.00 bits per heavy atom. The highest BCUT2D eigenvalue weighted by molar-refractivity contribution is 7.09. The number of rotatable bonds is 8. The Morgan fingerprint density at radius 3 is 2.57 bits per heavy atom. The Balaban J connectivity index is 2.08. The molecule has 0 saturated heterocycles. The molecule has 0 unspecified atom stereocenters. The van der Waals surface area contributed by atoms with Crippen LogP contribution in [0.15, 0.2) is 29.8 Å². The van der Waals surface area contributed by atoms with Crippen LogP contribution >= 0.6 is 11.3 Å². The first kappa shape index (κ1) is 15.2. The summed E-state index contributed by atoms with van der Waals surface area (Å²) in [7, 11) is 0. The first-order valence-corrected chi connectivity index (χ1v) is 7.74. The quantitative estimate of drug-likeness (QED) is 0.576. The SMILES string of the molecule is CCCNc1cccc(NCCc2nccs2)c1[N+](=O)[O-]. The predicted octanol–water partition coefficient (Wildman–Crippen LogP) is 3.53. The van der Waals surface area contributed by atoms with E-state index in [4.69, 9.17) is 0 Å². The molecule has 0 radical (unpaired) electrons. The van der Waals surface area contributed by atoms with E-state index < -0.39 is 0 Å². The lowest BCUT2D eigenvalue weighted by Crippen LogP contribution is -2.09. The van der Waals surface area contributed by atoms with Gasteiger partial charge in [0.05, 0.1) is 9.93 Å². The fraction of sp³-hybridized carbons (Fsp3) is 0.357. The fourth-order valence-corrected chi connectivity index (χ4v) is 2.59. The van der Waals surface area contributed by atoms with E-state index in [1.165, 1.54) is 0 Å². The maximum atomic E-state index is 11.3. The molecule has 2 rings (SSSR count). The minimum atomic E-state index is -0.344. The van der Waals surface area contributed by atoms with Crippen LogP contribution in [-0.4, -0.2) is 23.0 Å². The number of hydrogen-bond donors (Lipinski definition) is 2. The van der Waals surface area contributed by atoms with E-state index in [-0.39, 0.29) is 10.6 Å². The van der Waals surface area contributed by atoms with Crippen LogP contribution in [0.4, 0.5) is 17.1 Å². The Bertz CT molecular complexity index is 587. The Hall–Kier alpha value is -2.15. The summed E-state index contributed by atoms with van der Waals surface area (Å²) in [4.78, 5) is 15.2. The smallest absolute Gasteiger partial charge is 0.315 e. The number of nitrogens with one attached hydrogen (secondary N) is 2. The summed E-state index contributed by atoms with van der Waals surface area (Å²) >= 11 is 1.59. The van der Waals surface area contributed by atoms with Gasteiger partial charge in [-0.25, -0.2) is 4.98 Å². The number of anilines is 2. The minimum absolute atomic E-state index is 0.102. The largest absolute Gasteiger partial charge is 0.379 e. The molecule has 2 aromatic rings. The summed E-state index contributed by atoms with van der Waals surface area (Å²) in [6.07, 6.45) is 3.43. The second kappa shape index (κ2) is 7.58. The molecular weight excluding hydrogens is 288 g/mol. The van der Waals surface area contributed by atoms with Crippen LogP contribution in [0.25, 0.3) is 0 Å². The number of nitro groups is 1. The van der Waals surface area contributed by atoms with Crippen molar-refractivity contribution in [2.24, 2.45) is 0 Å². The number of para-hydroxylation sites is 1.